The molecule has 1 aromatic heterocycles. The Kier molecular flexibility index (Phi) is 2.40. The Balaban J connectivity index is 2.01. The molecule has 2 nitrogen and oxygen atoms in total. The fraction of sp³-hybridized carbons (Fsp3) is 0.400. The molecule has 0 amide bonds. The molecule has 0 unspecified atom stereocenters. The first-order chi connectivity index (χ1) is 9.17. The first kappa shape index (κ1) is 11.6. The highest BCUT2D eigenvalue weighted by molar-refractivity contribution is 9.10. The molecule has 19 heavy (non-hydrogen) atoms. The van der Waals surface area contributed by atoms with Gasteiger partial charge in [-0.05, 0) is 58.8 Å². The zero-order chi connectivity index (χ0) is 13.1. The van der Waals surface area contributed by atoms with Gasteiger partial charge in [-0.25, -0.2) is 9.37 Å². The van der Waals surface area contributed by atoms with Crippen LogP contribution in [0.4, 0.5) is 4.39 Å². The summed E-state index contributed by atoms with van der Waals surface area (Å²) < 4.78 is 16.6. The molecule has 4 heteroatoms. The second kappa shape index (κ2) is 3.92. The van der Waals surface area contributed by atoms with Crippen molar-refractivity contribution in [1.82, 2.24) is 9.55 Å². The average molecular weight is 321 g/mol. The van der Waals surface area contributed by atoms with E-state index in [4.69, 9.17) is 4.98 Å². The summed E-state index contributed by atoms with van der Waals surface area (Å²) in [6, 6.07) is 4.13. The van der Waals surface area contributed by atoms with Gasteiger partial charge in [0.2, 0.25) is 0 Å². The van der Waals surface area contributed by atoms with Gasteiger partial charge >= 0.3 is 0 Å². The molecule has 2 bridgehead atoms. The molecule has 3 aliphatic rings. The van der Waals surface area contributed by atoms with Gasteiger partial charge in [0.05, 0.1) is 10.2 Å². The number of halogens is 2. The van der Waals surface area contributed by atoms with Crippen LogP contribution in [0.25, 0.3) is 11.4 Å². The highest BCUT2D eigenvalue weighted by Gasteiger charge is 2.39. The maximum atomic E-state index is 13.8. The van der Waals surface area contributed by atoms with Gasteiger partial charge in [0.15, 0.2) is 0 Å². The van der Waals surface area contributed by atoms with E-state index in [2.05, 4.69) is 33.6 Å². The van der Waals surface area contributed by atoms with Crippen LogP contribution in [0.15, 0.2) is 22.8 Å². The van der Waals surface area contributed by atoms with E-state index in [1.807, 2.05) is 6.07 Å². The number of aryl methyl sites for hydroxylation is 1. The molecule has 1 aromatic carbocycles. The maximum Gasteiger partial charge on any atom is 0.140 e. The van der Waals surface area contributed by atoms with Crippen molar-refractivity contribution in [1.29, 1.82) is 0 Å². The Morgan fingerprint density at radius 2 is 2.21 bits per heavy atom. The average Bonchev–Trinajstić information content (AvgIpc) is 2.67. The van der Waals surface area contributed by atoms with Crippen LogP contribution in [-0.2, 0) is 6.42 Å². The molecule has 0 saturated heterocycles. The Hall–Kier alpha value is -1.16. The van der Waals surface area contributed by atoms with Crippen molar-refractivity contribution < 1.29 is 4.39 Å². The first-order valence-electron chi connectivity index (χ1n) is 6.74. The third-order valence-electron chi connectivity index (χ3n) is 4.42. The predicted octanol–water partition coefficient (Wildman–Crippen LogP) is 4.45. The number of hydrogen-bond donors (Lipinski definition) is 0. The topological polar surface area (TPSA) is 17.8 Å². The monoisotopic (exact) mass is 320 g/mol. The minimum absolute atomic E-state index is 0.169. The molecule has 0 atom stereocenters. The smallest absolute Gasteiger partial charge is 0.140 e. The fourth-order valence-electron chi connectivity index (χ4n) is 3.25. The number of aromatic nitrogens is 2. The SMILES string of the molecule is CCc1cn2c(n1)-c1cc(Br)c(F)cc1C1CC2C1. The number of imidazole rings is 1. The van der Waals surface area contributed by atoms with Crippen molar-refractivity contribution in [3.63, 3.8) is 0 Å². The third-order valence-corrected chi connectivity index (χ3v) is 5.03. The van der Waals surface area contributed by atoms with E-state index >= 15 is 0 Å². The highest BCUT2D eigenvalue weighted by Crippen LogP contribution is 2.52. The van der Waals surface area contributed by atoms with Crippen LogP contribution in [0.1, 0.15) is 43.0 Å². The number of rotatable bonds is 1. The molecule has 2 aliphatic heterocycles. The molecule has 1 fully saturated rings. The van der Waals surface area contributed by atoms with E-state index in [1.165, 1.54) is 0 Å². The highest BCUT2D eigenvalue weighted by atomic mass is 79.9. The lowest BCUT2D eigenvalue weighted by Crippen LogP contribution is -2.22. The first-order valence-corrected chi connectivity index (χ1v) is 7.53. The predicted molar refractivity (Wildman–Crippen MR) is 75.7 cm³/mol. The van der Waals surface area contributed by atoms with E-state index in [9.17, 15) is 4.39 Å². The lowest BCUT2D eigenvalue weighted by Gasteiger charge is -2.34. The Morgan fingerprint density at radius 3 is 2.95 bits per heavy atom. The molecule has 2 aromatic rings. The Bertz CT molecular complexity index is 671. The summed E-state index contributed by atoms with van der Waals surface area (Å²) in [5.74, 6) is 1.34. The number of hydrogen-bond acceptors (Lipinski definition) is 1. The zero-order valence-corrected chi connectivity index (χ0v) is 12.2. The van der Waals surface area contributed by atoms with Gasteiger partial charge in [-0.3, -0.25) is 0 Å². The van der Waals surface area contributed by atoms with Gasteiger partial charge in [-0.1, -0.05) is 6.92 Å². The Morgan fingerprint density at radius 1 is 1.42 bits per heavy atom. The molecule has 3 heterocycles. The molecule has 0 spiro atoms. The summed E-state index contributed by atoms with van der Waals surface area (Å²) in [6.07, 6.45) is 5.33. The lowest BCUT2D eigenvalue weighted by molar-refractivity contribution is 0.274. The molecular weight excluding hydrogens is 307 g/mol. The summed E-state index contributed by atoms with van der Waals surface area (Å²) >= 11 is 3.30. The summed E-state index contributed by atoms with van der Waals surface area (Å²) in [5.41, 5.74) is 3.34. The van der Waals surface area contributed by atoms with Crippen LogP contribution in [0, 0.1) is 5.82 Å². The van der Waals surface area contributed by atoms with Gasteiger partial charge in [0, 0.05) is 17.8 Å². The molecule has 98 valence electrons. The van der Waals surface area contributed by atoms with Crippen LogP contribution in [-0.4, -0.2) is 9.55 Å². The molecule has 0 N–H and O–H groups in total. The normalized spacial score (nSPS) is 23.3. The summed E-state index contributed by atoms with van der Waals surface area (Å²) in [6.45, 7) is 2.12. The summed E-state index contributed by atoms with van der Waals surface area (Å²) in [7, 11) is 0. The fourth-order valence-corrected chi connectivity index (χ4v) is 3.60. The minimum Gasteiger partial charge on any atom is -0.328 e. The van der Waals surface area contributed by atoms with Gasteiger partial charge < -0.3 is 4.57 Å². The maximum absolute atomic E-state index is 13.8. The standard InChI is InChI=1S/C15H14BrFN2/c1-2-9-7-19-10-3-8(4-10)11-6-14(17)13(16)5-12(11)15(19)18-9/h5-8,10H,2-4H2,1H3. The van der Waals surface area contributed by atoms with E-state index in [0.717, 1.165) is 41.9 Å². The van der Waals surface area contributed by atoms with Crippen LogP contribution in [0.3, 0.4) is 0 Å². The minimum atomic E-state index is -0.169. The van der Waals surface area contributed by atoms with Crippen LogP contribution in [0.2, 0.25) is 0 Å². The van der Waals surface area contributed by atoms with Gasteiger partial charge in [0.1, 0.15) is 11.6 Å². The second-order valence-corrected chi connectivity index (χ2v) is 6.35. The summed E-state index contributed by atoms with van der Waals surface area (Å²) in [4.78, 5) is 4.74. The molecular formula is C15H14BrFN2. The largest absolute Gasteiger partial charge is 0.328 e. The van der Waals surface area contributed by atoms with Crippen molar-refractivity contribution in [3.05, 3.63) is 39.9 Å². The van der Waals surface area contributed by atoms with Crippen molar-refractivity contribution >= 4 is 15.9 Å². The zero-order valence-electron chi connectivity index (χ0n) is 10.7. The van der Waals surface area contributed by atoms with E-state index in [0.29, 0.717) is 16.4 Å². The van der Waals surface area contributed by atoms with Crippen LogP contribution >= 0.6 is 15.9 Å². The molecule has 1 aliphatic carbocycles. The van der Waals surface area contributed by atoms with E-state index in [1.54, 1.807) is 6.07 Å². The van der Waals surface area contributed by atoms with Crippen LogP contribution in [0.5, 0.6) is 0 Å². The van der Waals surface area contributed by atoms with Crippen molar-refractivity contribution in [3.8, 4) is 11.4 Å². The number of benzene rings is 1. The van der Waals surface area contributed by atoms with Gasteiger partial charge in [-0.15, -0.1) is 0 Å². The number of nitrogens with zero attached hydrogens (tertiary/aromatic N) is 2. The molecule has 1 saturated carbocycles. The van der Waals surface area contributed by atoms with E-state index < -0.39 is 0 Å². The molecule has 0 radical (unpaired) electrons. The van der Waals surface area contributed by atoms with Crippen LogP contribution < -0.4 is 0 Å². The van der Waals surface area contributed by atoms with Crippen molar-refractivity contribution in [2.45, 2.75) is 38.1 Å². The van der Waals surface area contributed by atoms with Crippen molar-refractivity contribution in [2.75, 3.05) is 0 Å². The molecule has 5 rings (SSSR count). The van der Waals surface area contributed by atoms with E-state index in [-0.39, 0.29) is 5.82 Å². The third kappa shape index (κ3) is 1.55. The van der Waals surface area contributed by atoms with Crippen molar-refractivity contribution in [2.24, 2.45) is 0 Å². The quantitative estimate of drug-likeness (QED) is 0.759. The second-order valence-electron chi connectivity index (χ2n) is 5.49. The summed E-state index contributed by atoms with van der Waals surface area (Å²) in [5, 5.41) is 0. The van der Waals surface area contributed by atoms with Gasteiger partial charge in [0.25, 0.3) is 0 Å². The lowest BCUT2D eigenvalue weighted by atomic mass is 9.76. The Labute approximate surface area is 119 Å². The van der Waals surface area contributed by atoms with Gasteiger partial charge in [-0.2, -0.15) is 0 Å².